The molecule has 0 aromatic heterocycles. The molecule has 0 atom stereocenters. The van der Waals surface area contributed by atoms with Crippen LogP contribution in [-0.4, -0.2) is 18.9 Å². The van der Waals surface area contributed by atoms with Gasteiger partial charge in [0.1, 0.15) is 0 Å². The predicted molar refractivity (Wildman–Crippen MR) is 108 cm³/mol. The largest absolute Gasteiger partial charge is 0.465 e. The highest BCUT2D eigenvalue weighted by Gasteiger charge is 2.17. The molecule has 0 unspecified atom stereocenters. The van der Waals surface area contributed by atoms with Crippen molar-refractivity contribution >= 4 is 11.8 Å². The number of ketones is 1. The second kappa shape index (κ2) is 7.58. The quantitative estimate of drug-likeness (QED) is 0.449. The molecule has 3 heteroatoms. The van der Waals surface area contributed by atoms with Crippen LogP contribution in [0.3, 0.4) is 0 Å². The fourth-order valence-corrected chi connectivity index (χ4v) is 3.44. The van der Waals surface area contributed by atoms with E-state index in [-0.39, 0.29) is 11.8 Å². The first kappa shape index (κ1) is 18.6. The van der Waals surface area contributed by atoms with Crippen molar-refractivity contribution in [2.45, 2.75) is 20.8 Å². The second-order valence-electron chi connectivity index (χ2n) is 6.55. The Morgan fingerprint density at radius 1 is 0.667 bits per heavy atom. The monoisotopic (exact) mass is 358 g/mol. The highest BCUT2D eigenvalue weighted by molar-refractivity contribution is 6.02. The lowest BCUT2D eigenvalue weighted by atomic mass is 9.87. The van der Waals surface area contributed by atoms with E-state index < -0.39 is 0 Å². The van der Waals surface area contributed by atoms with Gasteiger partial charge in [-0.25, -0.2) is 4.79 Å². The molecular weight excluding hydrogens is 336 g/mol. The minimum absolute atomic E-state index is 0.0442. The minimum atomic E-state index is -0.353. The fraction of sp³-hybridized carbons (Fsp3) is 0.167. The number of carbonyl (C=O) groups is 2. The number of methoxy groups -OCH3 is 1. The number of hydrogen-bond acceptors (Lipinski definition) is 3. The summed E-state index contributed by atoms with van der Waals surface area (Å²) in [6, 6.07) is 19.1. The second-order valence-corrected chi connectivity index (χ2v) is 6.55. The Balaban J connectivity index is 2.19. The predicted octanol–water partition coefficient (Wildman–Crippen LogP) is 5.63. The summed E-state index contributed by atoms with van der Waals surface area (Å²) in [5.74, 6) is -0.309. The van der Waals surface area contributed by atoms with Gasteiger partial charge in [0, 0.05) is 5.56 Å². The molecule has 0 aliphatic rings. The molecule has 3 aromatic carbocycles. The van der Waals surface area contributed by atoms with Gasteiger partial charge in [0.15, 0.2) is 5.78 Å². The summed E-state index contributed by atoms with van der Waals surface area (Å²) in [4.78, 5) is 24.2. The third kappa shape index (κ3) is 3.41. The third-order valence-corrected chi connectivity index (χ3v) is 5.01. The van der Waals surface area contributed by atoms with Crippen molar-refractivity contribution < 1.29 is 14.3 Å². The number of esters is 1. The molecule has 0 amide bonds. The lowest BCUT2D eigenvalue weighted by Crippen LogP contribution is -2.04. The minimum Gasteiger partial charge on any atom is -0.465 e. The molecule has 0 N–H and O–H groups in total. The van der Waals surface area contributed by atoms with Crippen molar-refractivity contribution in [2.75, 3.05) is 7.11 Å². The summed E-state index contributed by atoms with van der Waals surface area (Å²) in [7, 11) is 1.39. The van der Waals surface area contributed by atoms with E-state index in [0.29, 0.717) is 11.1 Å². The topological polar surface area (TPSA) is 43.4 Å². The van der Waals surface area contributed by atoms with E-state index >= 15 is 0 Å². The molecule has 0 aliphatic carbocycles. The Morgan fingerprint density at radius 2 is 1.11 bits per heavy atom. The summed E-state index contributed by atoms with van der Waals surface area (Å²) < 4.78 is 4.93. The van der Waals surface area contributed by atoms with Crippen LogP contribution in [0.25, 0.3) is 22.3 Å². The van der Waals surface area contributed by atoms with E-state index in [0.717, 1.165) is 33.4 Å². The maximum Gasteiger partial charge on any atom is 0.338 e. The maximum absolute atomic E-state index is 12.2. The zero-order chi connectivity index (χ0) is 19.6. The lowest BCUT2D eigenvalue weighted by Gasteiger charge is -2.17. The summed E-state index contributed by atoms with van der Waals surface area (Å²) >= 11 is 0. The number of hydrogen-bond donors (Lipinski definition) is 0. The average molecular weight is 358 g/mol. The smallest absolute Gasteiger partial charge is 0.338 e. The van der Waals surface area contributed by atoms with E-state index in [9.17, 15) is 9.59 Å². The first-order chi connectivity index (χ1) is 13.0. The van der Waals surface area contributed by atoms with Crippen molar-refractivity contribution in [1.29, 1.82) is 0 Å². The Labute approximate surface area is 159 Å². The molecule has 0 aliphatic heterocycles. The maximum atomic E-state index is 12.2. The van der Waals surface area contributed by atoms with Crippen LogP contribution >= 0.6 is 0 Å². The van der Waals surface area contributed by atoms with Gasteiger partial charge in [0.2, 0.25) is 0 Å². The lowest BCUT2D eigenvalue weighted by molar-refractivity contribution is 0.0601. The van der Waals surface area contributed by atoms with Crippen molar-refractivity contribution in [3.05, 3.63) is 82.9 Å². The summed E-state index contributed by atoms with van der Waals surface area (Å²) in [5.41, 5.74) is 7.19. The molecule has 0 heterocycles. The van der Waals surface area contributed by atoms with Crippen LogP contribution in [0.2, 0.25) is 0 Å². The molecule has 0 radical (unpaired) electrons. The van der Waals surface area contributed by atoms with E-state index in [1.165, 1.54) is 7.11 Å². The van der Waals surface area contributed by atoms with Crippen LogP contribution < -0.4 is 0 Å². The molecule has 3 nitrogen and oxygen atoms in total. The Morgan fingerprint density at radius 3 is 1.59 bits per heavy atom. The summed E-state index contributed by atoms with van der Waals surface area (Å²) in [6.07, 6.45) is 0. The van der Waals surface area contributed by atoms with Crippen LogP contribution in [-0.2, 0) is 4.74 Å². The van der Waals surface area contributed by atoms with Gasteiger partial charge in [-0.05, 0) is 60.2 Å². The summed E-state index contributed by atoms with van der Waals surface area (Å²) in [5, 5.41) is 0. The van der Waals surface area contributed by atoms with Gasteiger partial charge < -0.3 is 4.74 Å². The highest BCUT2D eigenvalue weighted by Crippen LogP contribution is 2.35. The molecule has 27 heavy (non-hydrogen) atoms. The Kier molecular flexibility index (Phi) is 5.22. The molecule has 0 saturated heterocycles. The number of benzene rings is 3. The fourth-order valence-electron chi connectivity index (χ4n) is 3.44. The molecule has 3 rings (SSSR count). The van der Waals surface area contributed by atoms with Gasteiger partial charge in [-0.2, -0.15) is 0 Å². The molecule has 3 aromatic rings. The number of carbonyl (C=O) groups excluding carboxylic acids is 2. The highest BCUT2D eigenvalue weighted by atomic mass is 16.5. The van der Waals surface area contributed by atoms with Crippen molar-refractivity contribution in [3.63, 3.8) is 0 Å². The molecule has 136 valence electrons. The molecular formula is C24H22O3. The third-order valence-electron chi connectivity index (χ3n) is 5.01. The Bertz CT molecular complexity index is 1030. The first-order valence-corrected chi connectivity index (χ1v) is 8.84. The van der Waals surface area contributed by atoms with Crippen molar-refractivity contribution in [3.8, 4) is 22.3 Å². The zero-order valence-corrected chi connectivity index (χ0v) is 16.0. The standard InChI is InChI=1S/C24H22O3/c1-15-16(2)19(22-11-7-8-12-23(22)24(26)27-4)14-13-18(15)21-10-6-5-9-20(21)17(3)25/h5-14H,1-4H3. The molecule has 0 saturated carbocycles. The van der Waals surface area contributed by atoms with Crippen LogP contribution in [0.15, 0.2) is 60.7 Å². The van der Waals surface area contributed by atoms with Crippen LogP contribution in [0.4, 0.5) is 0 Å². The van der Waals surface area contributed by atoms with Crippen LogP contribution in [0, 0.1) is 13.8 Å². The molecule has 0 spiro atoms. The number of rotatable bonds is 4. The van der Waals surface area contributed by atoms with E-state index in [1.54, 1.807) is 13.0 Å². The van der Waals surface area contributed by atoms with E-state index in [4.69, 9.17) is 4.74 Å². The molecule has 0 bridgehead atoms. The van der Waals surface area contributed by atoms with Gasteiger partial charge in [-0.15, -0.1) is 0 Å². The number of ether oxygens (including phenoxy) is 1. The van der Waals surface area contributed by atoms with Gasteiger partial charge in [-0.1, -0.05) is 54.6 Å². The molecule has 0 fully saturated rings. The van der Waals surface area contributed by atoms with Gasteiger partial charge in [-0.3, -0.25) is 4.79 Å². The van der Waals surface area contributed by atoms with Crippen molar-refractivity contribution in [1.82, 2.24) is 0 Å². The Hall–Kier alpha value is -3.20. The first-order valence-electron chi connectivity index (χ1n) is 8.84. The van der Waals surface area contributed by atoms with Crippen LogP contribution in [0.5, 0.6) is 0 Å². The normalized spacial score (nSPS) is 10.5. The van der Waals surface area contributed by atoms with Gasteiger partial charge in [0.05, 0.1) is 12.7 Å². The van der Waals surface area contributed by atoms with Crippen LogP contribution in [0.1, 0.15) is 38.8 Å². The zero-order valence-electron chi connectivity index (χ0n) is 16.0. The van der Waals surface area contributed by atoms with Gasteiger partial charge in [0.25, 0.3) is 0 Å². The van der Waals surface area contributed by atoms with Gasteiger partial charge >= 0.3 is 5.97 Å². The van der Waals surface area contributed by atoms with E-state index in [2.05, 4.69) is 0 Å². The van der Waals surface area contributed by atoms with E-state index in [1.807, 2.05) is 68.4 Å². The average Bonchev–Trinajstić information content (AvgIpc) is 2.69. The number of Topliss-reactive ketones (excluding diaryl/α,β-unsaturated/α-hetero) is 1. The summed E-state index contributed by atoms with van der Waals surface area (Å²) in [6.45, 7) is 5.67. The van der Waals surface area contributed by atoms with Crippen molar-refractivity contribution in [2.24, 2.45) is 0 Å². The SMILES string of the molecule is COC(=O)c1ccccc1-c1ccc(-c2ccccc2C(C)=O)c(C)c1C.